The summed E-state index contributed by atoms with van der Waals surface area (Å²) in [5.74, 6) is -0.975. The van der Waals surface area contributed by atoms with Crippen molar-refractivity contribution >= 4 is 11.6 Å². The van der Waals surface area contributed by atoms with Crippen LogP contribution in [0.1, 0.15) is 25.0 Å². The maximum atomic E-state index is 13.9. The molecule has 1 aromatic carbocycles. The molecular weight excluding hydrogens is 235 g/mol. The van der Waals surface area contributed by atoms with Crippen LogP contribution in [0.15, 0.2) is 18.2 Å². The number of para-hydroxylation sites is 1. The van der Waals surface area contributed by atoms with Crippen LogP contribution in [0.3, 0.4) is 0 Å². The molecule has 1 aliphatic heterocycles. The Labute approximate surface area is 105 Å². The Morgan fingerprint density at radius 3 is 2.89 bits per heavy atom. The zero-order valence-corrected chi connectivity index (χ0v) is 10.3. The minimum absolute atomic E-state index is 0.244. The molecule has 1 heterocycles. The summed E-state index contributed by atoms with van der Waals surface area (Å²) in [6, 6.07) is 4.63. The molecular formula is C13H17FN2O2. The average Bonchev–Trinajstić information content (AvgIpc) is 2.77. The third kappa shape index (κ3) is 2.31. The van der Waals surface area contributed by atoms with E-state index in [4.69, 9.17) is 5.73 Å². The molecule has 1 unspecified atom stereocenters. The quantitative estimate of drug-likeness (QED) is 0.849. The zero-order chi connectivity index (χ0) is 13.3. The van der Waals surface area contributed by atoms with Crippen molar-refractivity contribution in [1.82, 2.24) is 0 Å². The highest BCUT2D eigenvalue weighted by Gasteiger charge is 2.30. The number of carbonyl (C=O) groups is 1. The Hall–Kier alpha value is -1.62. The second-order valence-corrected chi connectivity index (χ2v) is 4.69. The van der Waals surface area contributed by atoms with Gasteiger partial charge in [0.25, 0.3) is 0 Å². The number of carbonyl (C=O) groups excluding carboxylic acids is 1. The maximum absolute atomic E-state index is 13.9. The van der Waals surface area contributed by atoms with E-state index < -0.39 is 6.10 Å². The molecule has 0 spiro atoms. The second-order valence-electron chi connectivity index (χ2n) is 4.69. The summed E-state index contributed by atoms with van der Waals surface area (Å²) in [5, 5.41) is 9.68. The number of aliphatic hydroxyl groups is 1. The van der Waals surface area contributed by atoms with E-state index in [0.29, 0.717) is 30.8 Å². The number of benzene rings is 1. The lowest BCUT2D eigenvalue weighted by atomic mass is 10.1. The van der Waals surface area contributed by atoms with Gasteiger partial charge in [-0.25, -0.2) is 4.39 Å². The van der Waals surface area contributed by atoms with Crippen LogP contribution in [0.5, 0.6) is 0 Å². The third-order valence-electron chi connectivity index (χ3n) is 3.37. The molecule has 0 bridgehead atoms. The van der Waals surface area contributed by atoms with Crippen LogP contribution in [0, 0.1) is 11.7 Å². The highest BCUT2D eigenvalue weighted by molar-refractivity contribution is 5.78. The van der Waals surface area contributed by atoms with Crippen LogP contribution in [-0.2, 0) is 4.79 Å². The van der Waals surface area contributed by atoms with Crippen molar-refractivity contribution in [3.05, 3.63) is 29.6 Å². The summed E-state index contributed by atoms with van der Waals surface area (Å²) in [4.78, 5) is 12.9. The largest absolute Gasteiger partial charge is 0.389 e. The van der Waals surface area contributed by atoms with Crippen molar-refractivity contribution < 1.29 is 14.3 Å². The Morgan fingerprint density at radius 1 is 1.61 bits per heavy atom. The molecule has 2 atom stereocenters. The molecule has 18 heavy (non-hydrogen) atoms. The molecule has 3 N–H and O–H groups in total. The van der Waals surface area contributed by atoms with Crippen LogP contribution >= 0.6 is 0 Å². The van der Waals surface area contributed by atoms with E-state index in [-0.39, 0.29) is 17.6 Å². The van der Waals surface area contributed by atoms with Crippen molar-refractivity contribution in [2.45, 2.75) is 19.4 Å². The fraction of sp³-hybridized carbons (Fsp3) is 0.462. The second kappa shape index (κ2) is 4.94. The molecule has 1 fully saturated rings. The van der Waals surface area contributed by atoms with E-state index in [1.807, 2.05) is 0 Å². The molecule has 5 heteroatoms. The van der Waals surface area contributed by atoms with Crippen LogP contribution in [0.4, 0.5) is 10.1 Å². The molecule has 0 saturated carbocycles. The van der Waals surface area contributed by atoms with Gasteiger partial charge in [0.1, 0.15) is 5.82 Å². The zero-order valence-electron chi connectivity index (χ0n) is 10.3. The Kier molecular flexibility index (Phi) is 3.52. The summed E-state index contributed by atoms with van der Waals surface area (Å²) in [6.45, 7) is 2.59. The van der Waals surface area contributed by atoms with Gasteiger partial charge in [-0.2, -0.15) is 0 Å². The number of aliphatic hydroxyl groups excluding tert-OH is 1. The first kappa shape index (κ1) is 12.8. The SMILES string of the molecule is C[C@H](O)c1cccc(F)c1N1CCC(C(N)=O)C1. The van der Waals surface area contributed by atoms with E-state index in [1.165, 1.54) is 6.07 Å². The van der Waals surface area contributed by atoms with Gasteiger partial charge in [0.05, 0.1) is 17.7 Å². The molecule has 0 aromatic heterocycles. The number of anilines is 1. The van der Waals surface area contributed by atoms with E-state index in [0.717, 1.165) is 0 Å². The van der Waals surface area contributed by atoms with Gasteiger partial charge in [-0.15, -0.1) is 0 Å². The van der Waals surface area contributed by atoms with Gasteiger partial charge in [0.2, 0.25) is 5.91 Å². The molecule has 1 aromatic rings. The minimum Gasteiger partial charge on any atom is -0.389 e. The Morgan fingerprint density at radius 2 is 2.33 bits per heavy atom. The molecule has 2 rings (SSSR count). The van der Waals surface area contributed by atoms with Crippen molar-refractivity contribution in [3.63, 3.8) is 0 Å². The summed E-state index contributed by atoms with van der Waals surface area (Å²) in [5.41, 5.74) is 6.19. The summed E-state index contributed by atoms with van der Waals surface area (Å²) >= 11 is 0. The molecule has 4 nitrogen and oxygen atoms in total. The van der Waals surface area contributed by atoms with Crippen LogP contribution < -0.4 is 10.6 Å². The lowest BCUT2D eigenvalue weighted by Crippen LogP contribution is -2.28. The number of hydrogen-bond donors (Lipinski definition) is 2. The Bertz CT molecular complexity index is 462. The van der Waals surface area contributed by atoms with Gasteiger partial charge < -0.3 is 15.7 Å². The fourth-order valence-electron chi connectivity index (χ4n) is 2.40. The molecule has 1 amide bonds. The van der Waals surface area contributed by atoms with Gasteiger partial charge in [-0.05, 0) is 19.4 Å². The first-order valence-electron chi connectivity index (χ1n) is 6.01. The summed E-state index contributed by atoms with van der Waals surface area (Å²) in [6.07, 6.45) is -0.119. The number of nitrogens with zero attached hydrogens (tertiary/aromatic N) is 1. The normalized spacial score (nSPS) is 21.1. The summed E-state index contributed by atoms with van der Waals surface area (Å²) < 4.78 is 13.9. The van der Waals surface area contributed by atoms with Crippen molar-refractivity contribution in [1.29, 1.82) is 0 Å². The first-order valence-corrected chi connectivity index (χ1v) is 6.01. The van der Waals surface area contributed by atoms with Crippen LogP contribution in [0.25, 0.3) is 0 Å². The Balaban J connectivity index is 2.31. The number of nitrogens with two attached hydrogens (primary N) is 1. The summed E-state index contributed by atoms with van der Waals surface area (Å²) in [7, 11) is 0. The number of rotatable bonds is 3. The molecule has 98 valence electrons. The van der Waals surface area contributed by atoms with E-state index in [1.54, 1.807) is 24.0 Å². The van der Waals surface area contributed by atoms with Crippen LogP contribution in [0.2, 0.25) is 0 Å². The van der Waals surface area contributed by atoms with Gasteiger partial charge in [0, 0.05) is 18.7 Å². The average molecular weight is 252 g/mol. The highest BCUT2D eigenvalue weighted by Crippen LogP contribution is 2.32. The van der Waals surface area contributed by atoms with Crippen molar-refractivity contribution in [2.75, 3.05) is 18.0 Å². The first-order chi connectivity index (χ1) is 8.50. The van der Waals surface area contributed by atoms with E-state index in [9.17, 15) is 14.3 Å². The molecule has 0 radical (unpaired) electrons. The number of hydrogen-bond acceptors (Lipinski definition) is 3. The van der Waals surface area contributed by atoms with Gasteiger partial charge in [0.15, 0.2) is 0 Å². The number of amides is 1. The van der Waals surface area contributed by atoms with Gasteiger partial charge in [-0.1, -0.05) is 12.1 Å². The lowest BCUT2D eigenvalue weighted by molar-refractivity contribution is -0.121. The van der Waals surface area contributed by atoms with Crippen LogP contribution in [-0.4, -0.2) is 24.1 Å². The smallest absolute Gasteiger partial charge is 0.222 e. The van der Waals surface area contributed by atoms with Crippen molar-refractivity contribution in [2.24, 2.45) is 11.7 Å². The number of halogens is 1. The topological polar surface area (TPSA) is 66.6 Å². The van der Waals surface area contributed by atoms with E-state index >= 15 is 0 Å². The predicted molar refractivity (Wildman–Crippen MR) is 66.5 cm³/mol. The lowest BCUT2D eigenvalue weighted by Gasteiger charge is -2.23. The standard InChI is InChI=1S/C13H17FN2O2/c1-8(17)10-3-2-4-11(14)12(10)16-6-5-9(7-16)13(15)18/h2-4,8-9,17H,5-7H2,1H3,(H2,15,18)/t8-,9?/m0/s1. The predicted octanol–water partition coefficient (Wildman–Crippen LogP) is 1.19. The monoisotopic (exact) mass is 252 g/mol. The minimum atomic E-state index is -0.747. The third-order valence-corrected chi connectivity index (χ3v) is 3.37. The maximum Gasteiger partial charge on any atom is 0.222 e. The number of primary amides is 1. The molecule has 0 aliphatic carbocycles. The highest BCUT2D eigenvalue weighted by atomic mass is 19.1. The van der Waals surface area contributed by atoms with Crippen molar-refractivity contribution in [3.8, 4) is 0 Å². The molecule has 1 aliphatic rings. The van der Waals surface area contributed by atoms with Gasteiger partial charge in [-0.3, -0.25) is 4.79 Å². The van der Waals surface area contributed by atoms with E-state index in [2.05, 4.69) is 0 Å². The molecule has 1 saturated heterocycles. The van der Waals surface area contributed by atoms with Gasteiger partial charge >= 0.3 is 0 Å². The fourth-order valence-corrected chi connectivity index (χ4v) is 2.40.